The summed E-state index contributed by atoms with van der Waals surface area (Å²) < 4.78 is 12.0. The quantitative estimate of drug-likeness (QED) is 0.645. The Morgan fingerprint density at radius 1 is 1.22 bits per heavy atom. The third-order valence-corrected chi connectivity index (χ3v) is 3.60. The first-order chi connectivity index (χ1) is 13.1. The van der Waals surface area contributed by atoms with Crippen molar-refractivity contribution in [2.24, 2.45) is 0 Å². The van der Waals surface area contributed by atoms with Gasteiger partial charge in [-0.25, -0.2) is 4.79 Å². The largest absolute Gasteiger partial charge is 0.452 e. The molecule has 0 aliphatic carbocycles. The molecule has 0 spiro atoms. The van der Waals surface area contributed by atoms with Crippen LogP contribution in [-0.4, -0.2) is 28.3 Å². The highest BCUT2D eigenvalue weighted by Gasteiger charge is 2.15. The van der Waals surface area contributed by atoms with Crippen LogP contribution in [-0.2, 0) is 22.5 Å². The van der Waals surface area contributed by atoms with Gasteiger partial charge in [-0.05, 0) is 35.9 Å². The van der Waals surface area contributed by atoms with Gasteiger partial charge in [0, 0.05) is 18.1 Å². The van der Waals surface area contributed by atoms with E-state index in [0.29, 0.717) is 24.4 Å². The van der Waals surface area contributed by atoms with Crippen molar-refractivity contribution in [3.63, 3.8) is 0 Å². The molecule has 0 fully saturated rings. The van der Waals surface area contributed by atoms with E-state index in [1.165, 1.54) is 6.07 Å². The van der Waals surface area contributed by atoms with Crippen LogP contribution in [0.4, 0.5) is 5.69 Å². The molecule has 2 heterocycles. The summed E-state index contributed by atoms with van der Waals surface area (Å²) in [7, 11) is 0. The first-order valence-corrected chi connectivity index (χ1v) is 8.13. The van der Waals surface area contributed by atoms with Gasteiger partial charge in [0.1, 0.15) is 5.76 Å². The summed E-state index contributed by atoms with van der Waals surface area (Å²) >= 11 is 0. The molecule has 136 valence electrons. The molecule has 0 atom stereocenters. The van der Waals surface area contributed by atoms with Crippen molar-refractivity contribution >= 4 is 17.6 Å². The smallest absolute Gasteiger partial charge is 0.374 e. The van der Waals surface area contributed by atoms with Gasteiger partial charge in [-0.1, -0.05) is 12.1 Å². The van der Waals surface area contributed by atoms with Crippen LogP contribution in [0.15, 0.2) is 59.3 Å². The zero-order valence-corrected chi connectivity index (χ0v) is 14.3. The molecule has 1 amide bonds. The number of anilines is 1. The molecule has 0 saturated carbocycles. The first-order valence-electron chi connectivity index (χ1n) is 8.13. The molecule has 8 nitrogen and oxygen atoms in total. The predicted molar refractivity (Wildman–Crippen MR) is 94.7 cm³/mol. The van der Waals surface area contributed by atoms with Gasteiger partial charge in [-0.3, -0.25) is 9.48 Å². The van der Waals surface area contributed by atoms with E-state index in [1.54, 1.807) is 53.5 Å². The number of nitriles is 1. The highest BCUT2D eigenvalue weighted by Crippen LogP contribution is 2.12. The van der Waals surface area contributed by atoms with Gasteiger partial charge in [-0.15, -0.1) is 0 Å². The lowest BCUT2D eigenvalue weighted by molar-refractivity contribution is -0.119. The van der Waals surface area contributed by atoms with Crippen LogP contribution in [0.1, 0.15) is 21.9 Å². The molecule has 2 aromatic heterocycles. The van der Waals surface area contributed by atoms with Crippen LogP contribution < -0.4 is 5.32 Å². The molecule has 1 N–H and O–H groups in total. The maximum atomic E-state index is 12.0. The van der Waals surface area contributed by atoms with Gasteiger partial charge in [0.2, 0.25) is 5.76 Å². The SMILES string of the molecule is N#CCc1ccc(NC(=O)COC(=O)c2ccc(Cn3cccn3)o2)cc1. The maximum absolute atomic E-state index is 12.0. The number of benzene rings is 1. The minimum Gasteiger partial charge on any atom is -0.452 e. The Morgan fingerprint density at radius 2 is 2.04 bits per heavy atom. The van der Waals surface area contributed by atoms with E-state index in [0.717, 1.165) is 5.56 Å². The van der Waals surface area contributed by atoms with Gasteiger partial charge in [0.05, 0.1) is 19.0 Å². The van der Waals surface area contributed by atoms with E-state index in [-0.39, 0.29) is 5.76 Å². The fraction of sp³-hybridized carbons (Fsp3) is 0.158. The number of carbonyl (C=O) groups excluding carboxylic acids is 2. The second kappa shape index (κ2) is 8.49. The monoisotopic (exact) mass is 364 g/mol. The number of rotatable bonds is 7. The first kappa shape index (κ1) is 17.9. The van der Waals surface area contributed by atoms with E-state index in [1.807, 2.05) is 6.07 Å². The molecule has 0 unspecified atom stereocenters. The zero-order chi connectivity index (χ0) is 19.1. The minimum absolute atomic E-state index is 0.0193. The zero-order valence-electron chi connectivity index (χ0n) is 14.3. The summed E-state index contributed by atoms with van der Waals surface area (Å²) in [6.07, 6.45) is 3.73. The molecule has 27 heavy (non-hydrogen) atoms. The summed E-state index contributed by atoms with van der Waals surface area (Å²) in [4.78, 5) is 23.9. The maximum Gasteiger partial charge on any atom is 0.374 e. The van der Waals surface area contributed by atoms with Crippen molar-refractivity contribution < 1.29 is 18.7 Å². The number of amides is 1. The topological polar surface area (TPSA) is 110 Å². The number of hydrogen-bond donors (Lipinski definition) is 1. The Morgan fingerprint density at radius 3 is 2.74 bits per heavy atom. The molecule has 0 radical (unpaired) electrons. The van der Waals surface area contributed by atoms with Crippen LogP contribution in [0.25, 0.3) is 0 Å². The van der Waals surface area contributed by atoms with E-state index >= 15 is 0 Å². The Bertz CT molecular complexity index is 953. The van der Waals surface area contributed by atoms with E-state index < -0.39 is 18.5 Å². The molecular formula is C19H16N4O4. The van der Waals surface area contributed by atoms with Crippen LogP contribution in [0, 0.1) is 11.3 Å². The van der Waals surface area contributed by atoms with Crippen molar-refractivity contribution in [1.82, 2.24) is 9.78 Å². The van der Waals surface area contributed by atoms with E-state index in [9.17, 15) is 9.59 Å². The van der Waals surface area contributed by atoms with Gasteiger partial charge in [0.15, 0.2) is 6.61 Å². The molecule has 8 heteroatoms. The van der Waals surface area contributed by atoms with Crippen molar-refractivity contribution in [1.29, 1.82) is 5.26 Å². The van der Waals surface area contributed by atoms with Crippen LogP contribution in [0.2, 0.25) is 0 Å². The second-order valence-corrected chi connectivity index (χ2v) is 5.63. The lowest BCUT2D eigenvalue weighted by Gasteiger charge is -2.06. The average molecular weight is 364 g/mol. The van der Waals surface area contributed by atoms with Crippen molar-refractivity contribution in [3.8, 4) is 6.07 Å². The standard InChI is InChI=1S/C19H16N4O4/c20-9-8-14-2-4-15(5-3-14)22-18(24)13-26-19(25)17-7-6-16(27-17)12-23-11-1-10-21-23/h1-7,10-11H,8,12-13H2,(H,22,24). The lowest BCUT2D eigenvalue weighted by Crippen LogP contribution is -2.20. The number of aromatic nitrogens is 2. The molecule has 0 aliphatic rings. The summed E-state index contributed by atoms with van der Waals surface area (Å²) in [5, 5.41) is 15.3. The summed E-state index contributed by atoms with van der Waals surface area (Å²) in [6, 6.07) is 13.8. The Labute approximate surface area is 155 Å². The van der Waals surface area contributed by atoms with Gasteiger partial charge < -0.3 is 14.5 Å². The molecule has 0 saturated heterocycles. The molecular weight excluding hydrogens is 348 g/mol. The van der Waals surface area contributed by atoms with Gasteiger partial charge >= 0.3 is 5.97 Å². The van der Waals surface area contributed by atoms with Crippen molar-refractivity contribution in [3.05, 3.63) is 71.9 Å². The average Bonchev–Trinajstić information content (AvgIpc) is 3.34. The highest BCUT2D eigenvalue weighted by atomic mass is 16.5. The summed E-state index contributed by atoms with van der Waals surface area (Å²) in [5.74, 6) is -0.626. The lowest BCUT2D eigenvalue weighted by atomic mass is 10.1. The molecule has 0 aliphatic heterocycles. The number of nitrogens with one attached hydrogen (secondary N) is 1. The van der Waals surface area contributed by atoms with Crippen molar-refractivity contribution in [2.75, 3.05) is 11.9 Å². The Hall–Kier alpha value is -3.86. The number of esters is 1. The van der Waals surface area contributed by atoms with Crippen molar-refractivity contribution in [2.45, 2.75) is 13.0 Å². The van der Waals surface area contributed by atoms with E-state index in [2.05, 4.69) is 10.4 Å². The minimum atomic E-state index is -0.721. The molecule has 1 aromatic carbocycles. The third-order valence-electron chi connectivity index (χ3n) is 3.60. The molecule has 3 rings (SSSR count). The number of furan rings is 1. The predicted octanol–water partition coefficient (Wildman–Crippen LogP) is 2.39. The van der Waals surface area contributed by atoms with Crippen LogP contribution >= 0.6 is 0 Å². The number of hydrogen-bond acceptors (Lipinski definition) is 6. The molecule has 3 aromatic rings. The number of ether oxygens (including phenoxy) is 1. The Kier molecular flexibility index (Phi) is 5.64. The van der Waals surface area contributed by atoms with E-state index in [4.69, 9.17) is 14.4 Å². The van der Waals surface area contributed by atoms with Gasteiger partial charge in [-0.2, -0.15) is 10.4 Å². The number of nitrogens with zero attached hydrogens (tertiary/aromatic N) is 3. The summed E-state index contributed by atoms with van der Waals surface area (Å²) in [6.45, 7) is -0.0451. The third kappa shape index (κ3) is 5.06. The van der Waals surface area contributed by atoms with Crippen LogP contribution in [0.5, 0.6) is 0 Å². The normalized spacial score (nSPS) is 10.2. The van der Waals surface area contributed by atoms with Crippen LogP contribution in [0.3, 0.4) is 0 Å². The fourth-order valence-corrected chi connectivity index (χ4v) is 2.32. The second-order valence-electron chi connectivity index (χ2n) is 5.63. The fourth-order valence-electron chi connectivity index (χ4n) is 2.32. The number of carbonyl (C=O) groups is 2. The highest BCUT2D eigenvalue weighted by molar-refractivity contribution is 5.94. The summed E-state index contributed by atoms with van der Waals surface area (Å²) in [5.41, 5.74) is 1.41. The molecule has 0 bridgehead atoms. The van der Waals surface area contributed by atoms with Gasteiger partial charge in [0.25, 0.3) is 5.91 Å². The Balaban J connectivity index is 1.47.